The van der Waals surface area contributed by atoms with Crippen LogP contribution in [0.3, 0.4) is 0 Å². The molecule has 0 amide bonds. The molecule has 0 bridgehead atoms. The third-order valence-electron chi connectivity index (χ3n) is 1.47. The Bertz CT molecular complexity index is 342. The van der Waals surface area contributed by atoms with E-state index in [1.165, 1.54) is 11.3 Å². The highest BCUT2D eigenvalue weighted by Crippen LogP contribution is 2.15. The normalized spacial score (nSPS) is 10.1. The summed E-state index contributed by atoms with van der Waals surface area (Å²) in [7, 11) is 0. The monoisotopic (exact) mass is 214 g/mol. The van der Waals surface area contributed by atoms with E-state index in [9.17, 15) is 9.59 Å². The van der Waals surface area contributed by atoms with Gasteiger partial charge in [0.05, 0.1) is 4.88 Å². The Morgan fingerprint density at radius 2 is 2.14 bits per heavy atom. The number of thiophene rings is 1. The maximum absolute atomic E-state index is 11.3. The summed E-state index contributed by atoms with van der Waals surface area (Å²) < 4.78 is 4.68. The number of carboxylic acid groups (broad SMARTS) is 1. The molecular formula is C9H10O4S. The summed E-state index contributed by atoms with van der Waals surface area (Å²) in [6.07, 6.45) is 0. The van der Waals surface area contributed by atoms with Gasteiger partial charge in [-0.25, -0.2) is 4.79 Å². The molecule has 0 aliphatic carbocycles. The van der Waals surface area contributed by atoms with Crippen molar-refractivity contribution in [3.8, 4) is 0 Å². The van der Waals surface area contributed by atoms with Crippen LogP contribution >= 0.6 is 11.3 Å². The van der Waals surface area contributed by atoms with Gasteiger partial charge in [0.25, 0.3) is 0 Å². The largest absolute Gasteiger partial charge is 0.480 e. The van der Waals surface area contributed by atoms with Crippen LogP contribution in [0.5, 0.6) is 0 Å². The van der Waals surface area contributed by atoms with Crippen molar-refractivity contribution in [2.75, 3.05) is 13.2 Å². The maximum atomic E-state index is 11.3. The second-order valence-corrected chi connectivity index (χ2v) is 4.01. The number of carboxylic acids is 1. The number of rotatable bonds is 5. The minimum absolute atomic E-state index is 0.174. The van der Waals surface area contributed by atoms with Crippen molar-refractivity contribution >= 4 is 23.1 Å². The number of Topliss-reactive ketones (excluding diaryl/α,β-unsaturated/α-hetero) is 1. The van der Waals surface area contributed by atoms with Gasteiger partial charge in [0.1, 0.15) is 13.2 Å². The van der Waals surface area contributed by atoms with Gasteiger partial charge in [-0.1, -0.05) is 0 Å². The molecule has 0 unspecified atom stereocenters. The molecule has 1 N–H and O–H groups in total. The predicted octanol–water partition coefficient (Wildman–Crippen LogP) is 1.34. The molecule has 4 nitrogen and oxygen atoms in total. The zero-order valence-electron chi connectivity index (χ0n) is 7.65. The molecule has 0 aromatic carbocycles. The van der Waals surface area contributed by atoms with Gasteiger partial charge in [-0.3, -0.25) is 4.79 Å². The average molecular weight is 214 g/mol. The topological polar surface area (TPSA) is 63.6 Å². The average Bonchev–Trinajstić information content (AvgIpc) is 2.51. The first-order valence-electron chi connectivity index (χ1n) is 3.99. The maximum Gasteiger partial charge on any atom is 0.329 e. The number of aryl methyl sites for hydroxylation is 1. The standard InChI is InChI=1S/C9H10O4S/c1-6-2-3-8(14-6)7(10)4-13-5-9(11)12/h2-3H,4-5H2,1H3,(H,11,12). The Morgan fingerprint density at radius 1 is 1.43 bits per heavy atom. The summed E-state index contributed by atoms with van der Waals surface area (Å²) in [6.45, 7) is 1.29. The van der Waals surface area contributed by atoms with Crippen molar-refractivity contribution in [2.45, 2.75) is 6.92 Å². The third kappa shape index (κ3) is 3.27. The zero-order valence-corrected chi connectivity index (χ0v) is 8.47. The van der Waals surface area contributed by atoms with E-state index < -0.39 is 12.6 Å². The molecule has 14 heavy (non-hydrogen) atoms. The van der Waals surface area contributed by atoms with Gasteiger partial charge in [-0.15, -0.1) is 11.3 Å². The molecule has 0 saturated carbocycles. The highest BCUT2D eigenvalue weighted by Gasteiger charge is 2.08. The molecule has 1 aromatic rings. The molecule has 0 saturated heterocycles. The predicted molar refractivity (Wildman–Crippen MR) is 51.8 cm³/mol. The minimum Gasteiger partial charge on any atom is -0.480 e. The Labute approximate surface area is 85.1 Å². The van der Waals surface area contributed by atoms with E-state index in [2.05, 4.69) is 4.74 Å². The van der Waals surface area contributed by atoms with Crippen LogP contribution in [0.15, 0.2) is 12.1 Å². The second-order valence-electron chi connectivity index (χ2n) is 2.72. The number of aliphatic carboxylic acids is 1. The van der Waals surface area contributed by atoms with E-state index in [1.54, 1.807) is 6.07 Å². The second kappa shape index (κ2) is 4.88. The lowest BCUT2D eigenvalue weighted by molar-refractivity contribution is -0.141. The molecule has 0 aliphatic heterocycles. The quantitative estimate of drug-likeness (QED) is 0.751. The van der Waals surface area contributed by atoms with Crippen molar-refractivity contribution < 1.29 is 19.4 Å². The van der Waals surface area contributed by atoms with Gasteiger partial charge >= 0.3 is 5.97 Å². The van der Waals surface area contributed by atoms with Gasteiger partial charge in [-0.2, -0.15) is 0 Å². The fourth-order valence-corrected chi connectivity index (χ4v) is 1.68. The van der Waals surface area contributed by atoms with Gasteiger partial charge in [0.2, 0.25) is 0 Å². The highest BCUT2D eigenvalue weighted by atomic mass is 32.1. The molecule has 0 atom stereocenters. The summed E-state index contributed by atoms with van der Waals surface area (Å²) in [6, 6.07) is 3.56. The molecule has 76 valence electrons. The van der Waals surface area contributed by atoms with E-state index in [0.717, 1.165) is 4.88 Å². The Hall–Kier alpha value is -1.20. The van der Waals surface area contributed by atoms with Gasteiger partial charge in [0, 0.05) is 4.88 Å². The first-order chi connectivity index (χ1) is 6.59. The van der Waals surface area contributed by atoms with Crippen LogP contribution in [0.4, 0.5) is 0 Å². The molecule has 1 heterocycles. The van der Waals surface area contributed by atoms with E-state index in [1.807, 2.05) is 13.0 Å². The number of ketones is 1. The van der Waals surface area contributed by atoms with Crippen molar-refractivity contribution in [3.63, 3.8) is 0 Å². The van der Waals surface area contributed by atoms with Crippen LogP contribution in [0.1, 0.15) is 14.5 Å². The van der Waals surface area contributed by atoms with Crippen LogP contribution in [0.25, 0.3) is 0 Å². The lowest BCUT2D eigenvalue weighted by Gasteiger charge is -1.97. The van der Waals surface area contributed by atoms with Crippen LogP contribution in [-0.2, 0) is 9.53 Å². The third-order valence-corrected chi connectivity index (χ3v) is 2.52. The summed E-state index contributed by atoms with van der Waals surface area (Å²) in [5, 5.41) is 8.27. The first kappa shape index (κ1) is 10.9. The fraction of sp³-hybridized carbons (Fsp3) is 0.333. The molecule has 1 aromatic heterocycles. The van der Waals surface area contributed by atoms with Gasteiger partial charge in [0.15, 0.2) is 5.78 Å². The van der Waals surface area contributed by atoms with E-state index in [-0.39, 0.29) is 12.4 Å². The van der Waals surface area contributed by atoms with Crippen LogP contribution in [0, 0.1) is 6.92 Å². The Balaban J connectivity index is 2.39. The molecule has 0 aliphatic rings. The minimum atomic E-state index is -1.07. The van der Waals surface area contributed by atoms with Crippen molar-refractivity contribution in [1.29, 1.82) is 0 Å². The van der Waals surface area contributed by atoms with Crippen LogP contribution < -0.4 is 0 Å². The van der Waals surface area contributed by atoms with E-state index in [4.69, 9.17) is 5.11 Å². The number of ether oxygens (including phenoxy) is 1. The fourth-order valence-electron chi connectivity index (χ4n) is 0.887. The number of hydrogen-bond donors (Lipinski definition) is 1. The summed E-state index contributed by atoms with van der Waals surface area (Å²) in [4.78, 5) is 23.1. The number of hydrogen-bond acceptors (Lipinski definition) is 4. The molecular weight excluding hydrogens is 204 g/mol. The van der Waals surface area contributed by atoms with Crippen molar-refractivity contribution in [1.82, 2.24) is 0 Å². The smallest absolute Gasteiger partial charge is 0.329 e. The summed E-state index contributed by atoms with van der Waals surface area (Å²) in [5.41, 5.74) is 0. The molecule has 1 rings (SSSR count). The van der Waals surface area contributed by atoms with Crippen LogP contribution in [-0.4, -0.2) is 30.1 Å². The lowest BCUT2D eigenvalue weighted by Crippen LogP contribution is -2.13. The summed E-state index contributed by atoms with van der Waals surface area (Å²) >= 11 is 1.38. The van der Waals surface area contributed by atoms with E-state index in [0.29, 0.717) is 4.88 Å². The van der Waals surface area contributed by atoms with Gasteiger partial charge in [-0.05, 0) is 19.1 Å². The lowest BCUT2D eigenvalue weighted by atomic mass is 10.3. The zero-order chi connectivity index (χ0) is 10.6. The molecule has 0 spiro atoms. The SMILES string of the molecule is Cc1ccc(C(=O)COCC(=O)O)s1. The van der Waals surface area contributed by atoms with E-state index >= 15 is 0 Å². The first-order valence-corrected chi connectivity index (χ1v) is 4.80. The summed E-state index contributed by atoms with van der Waals surface area (Å²) in [5.74, 6) is -1.25. The van der Waals surface area contributed by atoms with Crippen LogP contribution in [0.2, 0.25) is 0 Å². The van der Waals surface area contributed by atoms with Crippen molar-refractivity contribution in [3.05, 3.63) is 21.9 Å². The number of carbonyl (C=O) groups is 2. The van der Waals surface area contributed by atoms with Gasteiger partial charge < -0.3 is 9.84 Å². The molecule has 0 fully saturated rings. The Morgan fingerprint density at radius 3 is 2.64 bits per heavy atom. The van der Waals surface area contributed by atoms with Crippen molar-refractivity contribution in [2.24, 2.45) is 0 Å². The number of carbonyl (C=O) groups excluding carboxylic acids is 1. The highest BCUT2D eigenvalue weighted by molar-refractivity contribution is 7.14. The molecule has 0 radical (unpaired) electrons. The Kier molecular flexibility index (Phi) is 3.79. The molecule has 5 heteroatoms.